The van der Waals surface area contributed by atoms with Crippen LogP contribution in [0.1, 0.15) is 51.9 Å². The summed E-state index contributed by atoms with van der Waals surface area (Å²) in [5, 5.41) is 15.2. The van der Waals surface area contributed by atoms with Gasteiger partial charge in [0.25, 0.3) is 5.91 Å². The third kappa shape index (κ3) is 6.03. The van der Waals surface area contributed by atoms with Crippen molar-refractivity contribution < 1.29 is 42.2 Å². The second kappa shape index (κ2) is 10.4. The number of fused-ring (bicyclic) bond motifs is 1. The van der Waals surface area contributed by atoms with Crippen LogP contribution < -0.4 is 10.6 Å². The van der Waals surface area contributed by atoms with E-state index in [0.29, 0.717) is 25.8 Å². The molecule has 1 aliphatic carbocycles. The highest BCUT2D eigenvalue weighted by molar-refractivity contribution is 5.95. The molecule has 2 aliphatic heterocycles. The molecule has 1 saturated carbocycles. The zero-order valence-corrected chi connectivity index (χ0v) is 18.4. The van der Waals surface area contributed by atoms with Gasteiger partial charge in [0.05, 0.1) is 6.04 Å². The molecule has 2 saturated heterocycles. The fourth-order valence-corrected chi connectivity index (χ4v) is 5.13. The van der Waals surface area contributed by atoms with Gasteiger partial charge >= 0.3 is 6.36 Å². The van der Waals surface area contributed by atoms with Crippen LogP contribution in [0.4, 0.5) is 13.2 Å². The van der Waals surface area contributed by atoms with Crippen molar-refractivity contribution in [3.8, 4) is 0 Å². The largest absolute Gasteiger partial charge is 0.522 e. The molecule has 2 heterocycles. The van der Waals surface area contributed by atoms with Crippen molar-refractivity contribution >= 4 is 23.5 Å². The van der Waals surface area contributed by atoms with Crippen molar-refractivity contribution in [3.63, 3.8) is 0 Å². The molecule has 9 nitrogen and oxygen atoms in total. The van der Waals surface area contributed by atoms with Crippen LogP contribution in [0.2, 0.25) is 0 Å². The summed E-state index contributed by atoms with van der Waals surface area (Å²) in [4.78, 5) is 51.8. The van der Waals surface area contributed by atoms with E-state index in [1.807, 2.05) is 0 Å². The minimum Gasteiger partial charge on any atom is -0.383 e. The number of hydrogen-bond acceptors (Lipinski definition) is 6. The molecule has 33 heavy (non-hydrogen) atoms. The number of carbonyl (C=O) groups is 4. The number of nitrogens with zero attached hydrogens (tertiary/aromatic N) is 1. The molecule has 0 aromatic heterocycles. The van der Waals surface area contributed by atoms with Gasteiger partial charge in [0.1, 0.15) is 18.8 Å². The molecule has 6 atom stereocenters. The van der Waals surface area contributed by atoms with Gasteiger partial charge in [-0.2, -0.15) is 0 Å². The summed E-state index contributed by atoms with van der Waals surface area (Å²) in [5.74, 6) is -3.14. The molecule has 186 valence electrons. The van der Waals surface area contributed by atoms with Gasteiger partial charge in [-0.25, -0.2) is 0 Å². The van der Waals surface area contributed by atoms with Gasteiger partial charge in [0, 0.05) is 18.5 Å². The minimum atomic E-state index is -5.02. The lowest BCUT2D eigenvalue weighted by atomic mass is 9.95. The number of hydrogen-bond donors (Lipinski definition) is 3. The fraction of sp³-hybridized carbons (Fsp3) is 0.810. The van der Waals surface area contributed by atoms with Crippen LogP contribution in [0.3, 0.4) is 0 Å². The molecule has 0 radical (unpaired) electrons. The number of ketones is 1. The van der Waals surface area contributed by atoms with Gasteiger partial charge in [-0.15, -0.1) is 13.2 Å². The Balaban J connectivity index is 1.75. The summed E-state index contributed by atoms with van der Waals surface area (Å²) in [7, 11) is 0. The third-order valence-corrected chi connectivity index (χ3v) is 6.83. The number of amides is 3. The second-order valence-corrected chi connectivity index (χ2v) is 8.95. The van der Waals surface area contributed by atoms with Crippen molar-refractivity contribution in [1.82, 2.24) is 15.5 Å². The molecule has 3 amide bonds. The minimum absolute atomic E-state index is 0.0806. The molecule has 0 spiro atoms. The highest BCUT2D eigenvalue weighted by Crippen LogP contribution is 2.41. The highest BCUT2D eigenvalue weighted by atomic mass is 19.4. The van der Waals surface area contributed by atoms with E-state index in [1.54, 1.807) is 6.92 Å². The first-order valence-corrected chi connectivity index (χ1v) is 11.3. The van der Waals surface area contributed by atoms with Crippen molar-refractivity contribution in [3.05, 3.63) is 0 Å². The average molecular weight is 477 g/mol. The number of ether oxygens (including phenoxy) is 1. The number of likely N-dealkylation sites (tertiary alicyclic amines) is 1. The maximum atomic E-state index is 13.2. The Morgan fingerprint density at radius 1 is 1.27 bits per heavy atom. The quantitative estimate of drug-likeness (QED) is 0.448. The van der Waals surface area contributed by atoms with Gasteiger partial charge in [-0.05, 0) is 44.4 Å². The maximum absolute atomic E-state index is 13.2. The Bertz CT molecular complexity index is 777. The molecule has 3 N–H and O–H groups in total. The van der Waals surface area contributed by atoms with E-state index in [2.05, 4.69) is 15.4 Å². The normalized spacial score (nSPS) is 28.9. The highest BCUT2D eigenvalue weighted by Gasteiger charge is 2.50. The Kier molecular flexibility index (Phi) is 7.99. The molecule has 3 fully saturated rings. The number of Topliss-reactive ketones (excluding diaryl/α,β-unsaturated/α-hetero) is 1. The van der Waals surface area contributed by atoms with Crippen LogP contribution in [-0.4, -0.2) is 77.3 Å². The summed E-state index contributed by atoms with van der Waals surface area (Å²) >= 11 is 0. The zero-order chi connectivity index (χ0) is 24.3. The van der Waals surface area contributed by atoms with Crippen molar-refractivity contribution in [1.29, 1.82) is 0 Å². The lowest BCUT2D eigenvalue weighted by molar-refractivity contribution is -0.321. The molecular weight excluding hydrogens is 447 g/mol. The van der Waals surface area contributed by atoms with Crippen LogP contribution in [-0.2, 0) is 23.9 Å². The van der Waals surface area contributed by atoms with Crippen LogP contribution >= 0.6 is 0 Å². The number of carbonyl (C=O) groups excluding carboxylic acids is 4. The summed E-state index contributed by atoms with van der Waals surface area (Å²) in [6.45, 7) is 0.721. The Labute approximate surface area is 189 Å². The lowest BCUT2D eigenvalue weighted by Gasteiger charge is -2.32. The zero-order valence-electron chi connectivity index (χ0n) is 18.4. The first-order valence-electron chi connectivity index (χ1n) is 11.3. The van der Waals surface area contributed by atoms with E-state index in [-0.39, 0.29) is 30.7 Å². The summed E-state index contributed by atoms with van der Waals surface area (Å²) in [6.07, 6.45) is -3.12. The lowest BCUT2D eigenvalue weighted by Crippen LogP contribution is -2.55. The molecule has 0 aromatic rings. The van der Waals surface area contributed by atoms with E-state index in [0.717, 1.165) is 12.8 Å². The number of alkyl halides is 3. The number of rotatable bonds is 9. The van der Waals surface area contributed by atoms with Crippen LogP contribution in [0, 0.1) is 11.8 Å². The molecule has 6 unspecified atom stereocenters. The summed E-state index contributed by atoms with van der Waals surface area (Å²) < 4.78 is 41.0. The van der Waals surface area contributed by atoms with Crippen LogP contribution in [0.5, 0.6) is 0 Å². The van der Waals surface area contributed by atoms with Gasteiger partial charge in [-0.3, -0.25) is 23.9 Å². The molecular formula is C21H30F3N3O6. The Hall–Kier alpha value is -2.21. The predicted octanol–water partition coefficient (Wildman–Crippen LogP) is 0.643. The first kappa shape index (κ1) is 25.4. The number of halogens is 3. The molecule has 3 rings (SSSR count). The van der Waals surface area contributed by atoms with E-state index in [4.69, 9.17) is 0 Å². The van der Waals surface area contributed by atoms with Crippen LogP contribution in [0.25, 0.3) is 0 Å². The van der Waals surface area contributed by atoms with Gasteiger partial charge in [0.2, 0.25) is 11.8 Å². The van der Waals surface area contributed by atoms with Crippen molar-refractivity contribution in [2.24, 2.45) is 11.8 Å². The first-order chi connectivity index (χ1) is 15.5. The van der Waals surface area contributed by atoms with E-state index >= 15 is 0 Å². The summed E-state index contributed by atoms with van der Waals surface area (Å²) in [5.41, 5.74) is 0. The SMILES string of the molecule is CCC(O)C(=O)N1C(C(=O)NC(CC2CCNC2=O)C(=O)COC(F)(F)F)CC2CCCC21. The van der Waals surface area contributed by atoms with Gasteiger partial charge in [-0.1, -0.05) is 13.3 Å². The van der Waals surface area contributed by atoms with Gasteiger partial charge < -0.3 is 20.6 Å². The molecule has 12 heteroatoms. The topological polar surface area (TPSA) is 125 Å². The number of aliphatic hydroxyl groups is 1. The summed E-state index contributed by atoms with van der Waals surface area (Å²) in [6, 6.07) is -2.51. The maximum Gasteiger partial charge on any atom is 0.522 e. The van der Waals surface area contributed by atoms with Gasteiger partial charge in [0.15, 0.2) is 5.78 Å². The Morgan fingerprint density at radius 3 is 2.61 bits per heavy atom. The molecule has 3 aliphatic rings. The fourth-order valence-electron chi connectivity index (χ4n) is 5.13. The molecule has 0 bridgehead atoms. The monoisotopic (exact) mass is 477 g/mol. The van der Waals surface area contributed by atoms with E-state index in [1.165, 1.54) is 4.90 Å². The standard InChI is InChI=1S/C21H30F3N3O6/c1-2-16(28)20(32)27-14-5-3-4-11(14)9-15(27)19(31)26-13(8-12-6-7-25-18(12)30)17(29)10-33-21(22,23)24/h11-16,28H,2-10H2,1H3,(H,25,30)(H,26,31). The smallest absolute Gasteiger partial charge is 0.383 e. The number of nitrogens with one attached hydrogen (secondary N) is 2. The van der Waals surface area contributed by atoms with Crippen molar-refractivity contribution in [2.75, 3.05) is 13.2 Å². The van der Waals surface area contributed by atoms with Crippen molar-refractivity contribution in [2.45, 2.75) is 82.5 Å². The third-order valence-electron chi connectivity index (χ3n) is 6.83. The van der Waals surface area contributed by atoms with E-state index in [9.17, 15) is 37.5 Å². The van der Waals surface area contributed by atoms with E-state index < -0.39 is 54.7 Å². The predicted molar refractivity (Wildman–Crippen MR) is 107 cm³/mol. The van der Waals surface area contributed by atoms with Crippen LogP contribution in [0.15, 0.2) is 0 Å². The number of aliphatic hydroxyl groups excluding tert-OH is 1. The Morgan fingerprint density at radius 2 is 2.00 bits per heavy atom. The average Bonchev–Trinajstić information content (AvgIpc) is 3.46. The second-order valence-electron chi connectivity index (χ2n) is 8.95. The molecule has 0 aromatic carbocycles.